The summed E-state index contributed by atoms with van der Waals surface area (Å²) in [5.41, 5.74) is 2.14. The fourth-order valence-electron chi connectivity index (χ4n) is 2.90. The summed E-state index contributed by atoms with van der Waals surface area (Å²) in [5.74, 6) is 2.39. The smallest absolute Gasteiger partial charge is 0.191 e. The molecule has 0 bridgehead atoms. The quantitative estimate of drug-likeness (QED) is 0.307. The minimum atomic E-state index is -0.647. The summed E-state index contributed by atoms with van der Waals surface area (Å²) in [4.78, 5) is 4.51. The van der Waals surface area contributed by atoms with Gasteiger partial charge in [-0.1, -0.05) is 24.3 Å². The van der Waals surface area contributed by atoms with E-state index >= 15 is 0 Å². The van der Waals surface area contributed by atoms with Crippen molar-refractivity contribution in [3.8, 4) is 11.5 Å². The number of unbranched alkanes of at least 4 members (excludes halogenated alkanes) is 1. The van der Waals surface area contributed by atoms with E-state index in [0.717, 1.165) is 55.4 Å². The number of aliphatic imine (C=N–C) groups is 1. The van der Waals surface area contributed by atoms with Crippen molar-refractivity contribution < 1.29 is 14.6 Å². The van der Waals surface area contributed by atoms with Crippen molar-refractivity contribution in [3.05, 3.63) is 59.7 Å². The third-order valence-corrected chi connectivity index (χ3v) is 4.61. The maximum Gasteiger partial charge on any atom is 0.191 e. The summed E-state index contributed by atoms with van der Waals surface area (Å²) in [7, 11) is 3.31. The van der Waals surface area contributed by atoms with Gasteiger partial charge in [0, 0.05) is 13.1 Å². The van der Waals surface area contributed by atoms with Crippen molar-refractivity contribution in [2.24, 2.45) is 4.99 Å². The number of aliphatic hydroxyl groups is 1. The van der Waals surface area contributed by atoms with Crippen LogP contribution in [0.5, 0.6) is 11.5 Å². The third kappa shape index (κ3) is 8.03. The molecule has 6 heteroatoms. The Morgan fingerprint density at radius 1 is 0.931 bits per heavy atom. The highest BCUT2D eigenvalue weighted by Gasteiger charge is 2.08. The fourth-order valence-corrected chi connectivity index (χ4v) is 2.90. The van der Waals surface area contributed by atoms with Gasteiger partial charge in [-0.3, -0.25) is 4.99 Å². The first kappa shape index (κ1) is 22.6. The van der Waals surface area contributed by atoms with Gasteiger partial charge in [0.15, 0.2) is 5.96 Å². The zero-order chi connectivity index (χ0) is 20.9. The van der Waals surface area contributed by atoms with Crippen LogP contribution in [0.2, 0.25) is 0 Å². The van der Waals surface area contributed by atoms with Crippen LogP contribution in [0.25, 0.3) is 0 Å². The molecule has 0 fully saturated rings. The minimum absolute atomic E-state index is 0.299. The second-order valence-corrected chi connectivity index (χ2v) is 6.74. The standard InChI is InChI=1S/C23H33N3O3/c1-4-24-23(26-17-22(27)19-10-14-21(29-3)15-11-19)25-16-6-5-7-18-8-12-20(28-2)13-9-18/h8-15,22,27H,4-7,16-17H2,1-3H3,(H2,24,25,26). The second kappa shape index (κ2) is 12.7. The molecule has 158 valence electrons. The van der Waals surface area contributed by atoms with Crippen LogP contribution >= 0.6 is 0 Å². The highest BCUT2D eigenvalue weighted by Crippen LogP contribution is 2.17. The third-order valence-electron chi connectivity index (χ3n) is 4.61. The van der Waals surface area contributed by atoms with E-state index in [4.69, 9.17) is 9.47 Å². The van der Waals surface area contributed by atoms with Crippen LogP contribution < -0.4 is 20.1 Å². The maximum absolute atomic E-state index is 10.4. The first-order valence-electron chi connectivity index (χ1n) is 10.1. The number of benzene rings is 2. The molecular formula is C23H33N3O3. The normalized spacial score (nSPS) is 12.3. The molecule has 2 aromatic carbocycles. The number of hydrogen-bond donors (Lipinski definition) is 3. The van der Waals surface area contributed by atoms with Gasteiger partial charge >= 0.3 is 0 Å². The Morgan fingerprint density at radius 3 is 2.14 bits per heavy atom. The first-order chi connectivity index (χ1) is 14.2. The Bertz CT molecular complexity index is 730. The molecule has 0 saturated carbocycles. The molecular weight excluding hydrogens is 366 g/mol. The molecule has 0 saturated heterocycles. The molecule has 0 amide bonds. The van der Waals surface area contributed by atoms with Gasteiger partial charge in [-0.15, -0.1) is 0 Å². The SMILES string of the molecule is CCNC(=NCC(O)c1ccc(OC)cc1)NCCCCc1ccc(OC)cc1. The number of guanidine groups is 1. The molecule has 0 spiro atoms. The number of nitrogens with zero attached hydrogens (tertiary/aromatic N) is 1. The van der Waals surface area contributed by atoms with Gasteiger partial charge in [0.1, 0.15) is 11.5 Å². The number of aryl methyl sites for hydroxylation is 1. The van der Waals surface area contributed by atoms with Crippen molar-refractivity contribution >= 4 is 5.96 Å². The van der Waals surface area contributed by atoms with Gasteiger partial charge < -0.3 is 25.2 Å². The second-order valence-electron chi connectivity index (χ2n) is 6.74. The Morgan fingerprint density at radius 2 is 1.55 bits per heavy atom. The van der Waals surface area contributed by atoms with E-state index < -0.39 is 6.10 Å². The summed E-state index contributed by atoms with van der Waals surface area (Å²) < 4.78 is 10.3. The molecule has 2 rings (SSSR count). The number of hydrogen-bond acceptors (Lipinski definition) is 4. The topological polar surface area (TPSA) is 75.1 Å². The highest BCUT2D eigenvalue weighted by atomic mass is 16.5. The molecule has 2 aromatic rings. The van der Waals surface area contributed by atoms with E-state index in [9.17, 15) is 5.11 Å². The molecule has 0 aliphatic carbocycles. The monoisotopic (exact) mass is 399 g/mol. The lowest BCUT2D eigenvalue weighted by Crippen LogP contribution is -2.38. The van der Waals surface area contributed by atoms with E-state index in [-0.39, 0.29) is 0 Å². The van der Waals surface area contributed by atoms with Crippen molar-refractivity contribution in [3.63, 3.8) is 0 Å². The van der Waals surface area contributed by atoms with Crippen LogP contribution in [0.4, 0.5) is 0 Å². The Labute approximate surface area is 174 Å². The number of rotatable bonds is 11. The van der Waals surface area contributed by atoms with Crippen LogP contribution in [0, 0.1) is 0 Å². The van der Waals surface area contributed by atoms with Gasteiger partial charge in [0.2, 0.25) is 0 Å². The van der Waals surface area contributed by atoms with Crippen LogP contribution in [0.15, 0.2) is 53.5 Å². The van der Waals surface area contributed by atoms with Crippen molar-refractivity contribution in [2.45, 2.75) is 32.3 Å². The predicted molar refractivity (Wildman–Crippen MR) is 118 cm³/mol. The maximum atomic E-state index is 10.4. The first-order valence-corrected chi connectivity index (χ1v) is 10.1. The summed E-state index contributed by atoms with van der Waals surface area (Å²) in [6.45, 7) is 3.94. The van der Waals surface area contributed by atoms with E-state index in [0.29, 0.717) is 6.54 Å². The minimum Gasteiger partial charge on any atom is -0.497 e. The van der Waals surface area contributed by atoms with Crippen molar-refractivity contribution in [1.82, 2.24) is 10.6 Å². The lowest BCUT2D eigenvalue weighted by molar-refractivity contribution is 0.187. The largest absolute Gasteiger partial charge is 0.497 e. The Balaban J connectivity index is 1.74. The van der Waals surface area contributed by atoms with Crippen molar-refractivity contribution in [2.75, 3.05) is 33.9 Å². The molecule has 1 atom stereocenters. The molecule has 0 heterocycles. The lowest BCUT2D eigenvalue weighted by atomic mass is 10.1. The van der Waals surface area contributed by atoms with Gasteiger partial charge in [0.25, 0.3) is 0 Å². The molecule has 0 radical (unpaired) electrons. The molecule has 0 aliphatic heterocycles. The fraction of sp³-hybridized carbons (Fsp3) is 0.435. The molecule has 3 N–H and O–H groups in total. The average molecular weight is 400 g/mol. The van der Waals surface area contributed by atoms with Gasteiger partial charge in [0.05, 0.1) is 26.9 Å². The number of aliphatic hydroxyl groups excluding tert-OH is 1. The van der Waals surface area contributed by atoms with E-state index in [1.54, 1.807) is 14.2 Å². The lowest BCUT2D eigenvalue weighted by Gasteiger charge is -2.13. The van der Waals surface area contributed by atoms with Gasteiger partial charge in [-0.2, -0.15) is 0 Å². The summed E-state index contributed by atoms with van der Waals surface area (Å²) in [5, 5.41) is 16.9. The van der Waals surface area contributed by atoms with Crippen LogP contribution in [-0.4, -0.2) is 44.9 Å². The molecule has 0 aliphatic rings. The average Bonchev–Trinajstić information content (AvgIpc) is 2.77. The predicted octanol–water partition coefficient (Wildman–Crippen LogP) is 3.32. The van der Waals surface area contributed by atoms with Crippen LogP contribution in [0.1, 0.15) is 37.0 Å². The summed E-state index contributed by atoms with van der Waals surface area (Å²) in [6, 6.07) is 15.6. The zero-order valence-electron chi connectivity index (χ0n) is 17.6. The molecule has 1 unspecified atom stereocenters. The van der Waals surface area contributed by atoms with Crippen LogP contribution in [0.3, 0.4) is 0 Å². The number of methoxy groups -OCH3 is 2. The Hall–Kier alpha value is -2.73. The van der Waals surface area contributed by atoms with Gasteiger partial charge in [-0.05, 0) is 61.6 Å². The van der Waals surface area contributed by atoms with E-state index in [1.807, 2.05) is 43.3 Å². The number of nitrogens with one attached hydrogen (secondary N) is 2. The highest BCUT2D eigenvalue weighted by molar-refractivity contribution is 5.79. The van der Waals surface area contributed by atoms with Crippen molar-refractivity contribution in [1.29, 1.82) is 0 Å². The van der Waals surface area contributed by atoms with E-state index in [2.05, 4.69) is 27.8 Å². The molecule has 29 heavy (non-hydrogen) atoms. The molecule has 0 aromatic heterocycles. The summed E-state index contributed by atoms with van der Waals surface area (Å²) >= 11 is 0. The zero-order valence-corrected chi connectivity index (χ0v) is 17.6. The summed E-state index contributed by atoms with van der Waals surface area (Å²) in [6.07, 6.45) is 2.52. The number of ether oxygens (including phenoxy) is 2. The Kier molecular flexibility index (Phi) is 9.86. The molecule has 6 nitrogen and oxygen atoms in total. The van der Waals surface area contributed by atoms with Gasteiger partial charge in [-0.25, -0.2) is 0 Å². The van der Waals surface area contributed by atoms with E-state index in [1.165, 1.54) is 5.56 Å². The van der Waals surface area contributed by atoms with Crippen LogP contribution in [-0.2, 0) is 6.42 Å².